The van der Waals surface area contributed by atoms with E-state index in [-0.39, 0.29) is 11.2 Å². The molecule has 2 N–H and O–H groups in total. The van der Waals surface area contributed by atoms with Gasteiger partial charge in [-0.3, -0.25) is 4.79 Å². The molecule has 1 unspecified atom stereocenters. The van der Waals surface area contributed by atoms with Gasteiger partial charge in [-0.1, -0.05) is 24.3 Å². The first-order valence-electron chi connectivity index (χ1n) is 7.47. The van der Waals surface area contributed by atoms with Gasteiger partial charge < -0.3 is 19.9 Å². The van der Waals surface area contributed by atoms with Crippen molar-refractivity contribution in [3.8, 4) is 17.2 Å². The molecule has 0 fully saturated rings. The Labute approximate surface area is 136 Å². The first kappa shape index (κ1) is 17.1. The van der Waals surface area contributed by atoms with E-state index in [4.69, 9.17) is 19.9 Å². The number of hydrogen-bond acceptors (Lipinski definition) is 5. The van der Waals surface area contributed by atoms with Crippen LogP contribution < -0.4 is 19.9 Å². The highest BCUT2D eigenvalue weighted by Gasteiger charge is 2.30. The summed E-state index contributed by atoms with van der Waals surface area (Å²) in [5.74, 6) is 1.40. The highest BCUT2D eigenvalue weighted by Crippen LogP contribution is 2.39. The summed E-state index contributed by atoms with van der Waals surface area (Å²) in [4.78, 5) is 12.7. The lowest BCUT2D eigenvalue weighted by molar-refractivity contribution is 0.0938. The molecule has 0 radical (unpaired) electrons. The maximum absolute atomic E-state index is 12.7. The van der Waals surface area contributed by atoms with E-state index in [0.717, 1.165) is 6.42 Å². The van der Waals surface area contributed by atoms with Crippen molar-refractivity contribution in [1.82, 2.24) is 0 Å². The molecule has 0 spiro atoms. The van der Waals surface area contributed by atoms with E-state index in [2.05, 4.69) is 0 Å². The summed E-state index contributed by atoms with van der Waals surface area (Å²) in [5.41, 5.74) is 6.11. The van der Waals surface area contributed by atoms with Gasteiger partial charge in [0.15, 0.2) is 17.3 Å². The molecule has 0 aromatic heterocycles. The number of Topliss-reactive ketones (excluding diaryl/α,β-unsaturated/α-hetero) is 1. The molecule has 1 aromatic rings. The average molecular weight is 317 g/mol. The van der Waals surface area contributed by atoms with E-state index < -0.39 is 0 Å². The van der Waals surface area contributed by atoms with Gasteiger partial charge in [0.1, 0.15) is 0 Å². The molecule has 5 nitrogen and oxygen atoms in total. The molecule has 1 aromatic carbocycles. The number of carbonyl (C=O) groups is 1. The van der Waals surface area contributed by atoms with Crippen LogP contribution in [0, 0.1) is 5.41 Å². The van der Waals surface area contributed by atoms with Crippen molar-refractivity contribution in [3.63, 3.8) is 0 Å². The number of nitrogens with two attached hydrogens (primary N) is 1. The molecular weight excluding hydrogens is 294 g/mol. The van der Waals surface area contributed by atoms with Gasteiger partial charge in [-0.15, -0.1) is 0 Å². The Hall–Kier alpha value is -2.27. The topological polar surface area (TPSA) is 70.8 Å². The van der Waals surface area contributed by atoms with Crippen molar-refractivity contribution >= 4 is 5.78 Å². The van der Waals surface area contributed by atoms with Gasteiger partial charge in [0, 0.05) is 23.9 Å². The average Bonchev–Trinajstić information content (AvgIpc) is 2.60. The molecule has 1 aliphatic rings. The minimum Gasteiger partial charge on any atom is -0.493 e. The smallest absolute Gasteiger partial charge is 0.203 e. The molecule has 0 aliphatic heterocycles. The number of rotatable bonds is 7. The fourth-order valence-electron chi connectivity index (χ4n) is 2.73. The van der Waals surface area contributed by atoms with Crippen LogP contribution in [0.4, 0.5) is 0 Å². The normalized spacial score (nSPS) is 19.5. The van der Waals surface area contributed by atoms with E-state index >= 15 is 0 Å². The lowest BCUT2D eigenvalue weighted by Gasteiger charge is -2.29. The number of allylic oxidation sites excluding steroid dienone is 3. The van der Waals surface area contributed by atoms with E-state index in [0.29, 0.717) is 35.8 Å². The summed E-state index contributed by atoms with van der Waals surface area (Å²) in [6.45, 7) is 0.421. The predicted octanol–water partition coefficient (Wildman–Crippen LogP) is 2.75. The number of methoxy groups -OCH3 is 3. The lowest BCUT2D eigenvalue weighted by atomic mass is 9.76. The Bertz CT molecular complexity index is 611. The summed E-state index contributed by atoms with van der Waals surface area (Å²) in [7, 11) is 4.59. The molecule has 1 atom stereocenters. The Kier molecular flexibility index (Phi) is 5.45. The quantitative estimate of drug-likeness (QED) is 0.783. The van der Waals surface area contributed by atoms with Crippen LogP contribution in [0.3, 0.4) is 0 Å². The Morgan fingerprint density at radius 2 is 1.78 bits per heavy atom. The molecule has 0 bridgehead atoms. The number of ether oxygens (including phenoxy) is 3. The maximum atomic E-state index is 12.7. The Balaban J connectivity index is 2.32. The minimum absolute atomic E-state index is 0.00495. The van der Waals surface area contributed by atoms with Crippen LogP contribution in [-0.4, -0.2) is 33.7 Å². The molecule has 124 valence electrons. The predicted molar refractivity (Wildman–Crippen MR) is 89.4 cm³/mol. The monoisotopic (exact) mass is 317 g/mol. The fraction of sp³-hybridized carbons (Fsp3) is 0.389. The fourth-order valence-corrected chi connectivity index (χ4v) is 2.73. The second-order valence-corrected chi connectivity index (χ2v) is 5.57. The van der Waals surface area contributed by atoms with Crippen LogP contribution in [0.25, 0.3) is 0 Å². The summed E-state index contributed by atoms with van der Waals surface area (Å²) < 4.78 is 15.9. The Morgan fingerprint density at radius 3 is 2.22 bits per heavy atom. The maximum Gasteiger partial charge on any atom is 0.203 e. The molecule has 1 aliphatic carbocycles. The second kappa shape index (κ2) is 7.33. The van der Waals surface area contributed by atoms with Crippen LogP contribution in [0.5, 0.6) is 17.2 Å². The van der Waals surface area contributed by atoms with E-state index in [1.165, 1.54) is 21.3 Å². The van der Waals surface area contributed by atoms with Crippen molar-refractivity contribution in [1.29, 1.82) is 0 Å². The Morgan fingerprint density at radius 1 is 1.13 bits per heavy atom. The first-order valence-corrected chi connectivity index (χ1v) is 7.47. The molecule has 2 rings (SSSR count). The molecular formula is C18H23NO4. The first-order chi connectivity index (χ1) is 11.1. The van der Waals surface area contributed by atoms with Gasteiger partial charge in [0.05, 0.1) is 21.3 Å². The van der Waals surface area contributed by atoms with Crippen LogP contribution in [0.15, 0.2) is 36.4 Å². The van der Waals surface area contributed by atoms with E-state index in [9.17, 15) is 4.79 Å². The zero-order chi connectivity index (χ0) is 16.9. The number of benzene rings is 1. The van der Waals surface area contributed by atoms with E-state index in [1.807, 2.05) is 24.3 Å². The zero-order valence-corrected chi connectivity index (χ0v) is 13.8. The minimum atomic E-state index is -0.327. The molecule has 0 saturated heterocycles. The summed E-state index contributed by atoms with van der Waals surface area (Å²) in [6.07, 6.45) is 9.06. The molecule has 0 heterocycles. The second-order valence-electron chi connectivity index (χ2n) is 5.57. The third-order valence-corrected chi connectivity index (χ3v) is 4.13. The molecule has 0 amide bonds. The largest absolute Gasteiger partial charge is 0.493 e. The lowest BCUT2D eigenvalue weighted by Crippen LogP contribution is -2.31. The summed E-state index contributed by atoms with van der Waals surface area (Å²) in [6, 6.07) is 3.35. The zero-order valence-electron chi connectivity index (χ0n) is 13.8. The van der Waals surface area contributed by atoms with Gasteiger partial charge >= 0.3 is 0 Å². The number of carbonyl (C=O) groups excluding carboxylic acids is 1. The highest BCUT2D eigenvalue weighted by atomic mass is 16.5. The van der Waals surface area contributed by atoms with E-state index in [1.54, 1.807) is 12.1 Å². The third-order valence-electron chi connectivity index (χ3n) is 4.13. The van der Waals surface area contributed by atoms with Gasteiger partial charge in [-0.05, 0) is 18.6 Å². The van der Waals surface area contributed by atoms with Crippen LogP contribution in [0.1, 0.15) is 23.2 Å². The molecule has 0 saturated carbocycles. The van der Waals surface area contributed by atoms with Crippen molar-refractivity contribution in [2.45, 2.75) is 12.8 Å². The SMILES string of the molecule is COc1cc(C(=O)CC2(CN)C=CC=CC2)cc(OC)c1OC. The standard InChI is InChI=1S/C18H23NO4/c1-21-15-9-13(10-16(22-2)17(15)23-3)14(20)11-18(12-19)7-5-4-6-8-18/h4-7,9-10H,8,11-12,19H2,1-3H3. The van der Waals surface area contributed by atoms with Crippen molar-refractivity contribution in [2.75, 3.05) is 27.9 Å². The van der Waals surface area contributed by atoms with Crippen LogP contribution in [0.2, 0.25) is 0 Å². The van der Waals surface area contributed by atoms with Gasteiger partial charge in [0.25, 0.3) is 0 Å². The van der Waals surface area contributed by atoms with Crippen LogP contribution >= 0.6 is 0 Å². The summed E-state index contributed by atoms with van der Waals surface area (Å²) >= 11 is 0. The van der Waals surface area contributed by atoms with Crippen molar-refractivity contribution < 1.29 is 19.0 Å². The molecule has 5 heteroatoms. The molecule has 23 heavy (non-hydrogen) atoms. The van der Waals surface area contributed by atoms with Crippen molar-refractivity contribution in [3.05, 3.63) is 42.0 Å². The number of hydrogen-bond donors (Lipinski definition) is 1. The van der Waals surface area contributed by atoms with Gasteiger partial charge in [-0.2, -0.15) is 0 Å². The third kappa shape index (κ3) is 3.56. The number of ketones is 1. The van der Waals surface area contributed by atoms with Gasteiger partial charge in [-0.25, -0.2) is 0 Å². The highest BCUT2D eigenvalue weighted by molar-refractivity contribution is 5.98. The van der Waals surface area contributed by atoms with Crippen molar-refractivity contribution in [2.24, 2.45) is 11.1 Å². The van der Waals surface area contributed by atoms with Gasteiger partial charge in [0.2, 0.25) is 5.75 Å². The summed E-state index contributed by atoms with van der Waals surface area (Å²) in [5, 5.41) is 0. The van der Waals surface area contributed by atoms with Crippen LogP contribution in [-0.2, 0) is 0 Å².